The highest BCUT2D eigenvalue weighted by Gasteiger charge is 2.21. The molecule has 0 atom stereocenters. The van der Waals surface area contributed by atoms with Crippen molar-refractivity contribution in [2.45, 2.75) is 70.7 Å². The summed E-state index contributed by atoms with van der Waals surface area (Å²) in [5.74, 6) is 2.16. The molecule has 3 nitrogen and oxygen atoms in total. The Morgan fingerprint density at radius 2 is 1.71 bits per heavy atom. The lowest BCUT2D eigenvalue weighted by Gasteiger charge is -2.24. The van der Waals surface area contributed by atoms with E-state index >= 15 is 0 Å². The molecule has 1 heterocycles. The van der Waals surface area contributed by atoms with Crippen LogP contribution in [0.2, 0.25) is 0 Å². The molecule has 0 amide bonds. The molecule has 0 saturated carbocycles. The number of hydrogen-bond acceptors (Lipinski definition) is 2. The first-order valence-corrected chi connectivity index (χ1v) is 7.62. The Hall–Kier alpha value is -0.380. The largest absolute Gasteiger partial charge is 0.309 e. The van der Waals surface area contributed by atoms with Gasteiger partial charge in [0.15, 0.2) is 0 Å². The van der Waals surface area contributed by atoms with Crippen LogP contribution >= 0.6 is 15.9 Å². The van der Waals surface area contributed by atoms with E-state index in [1.165, 1.54) is 25.7 Å². The van der Waals surface area contributed by atoms with E-state index < -0.39 is 0 Å². The van der Waals surface area contributed by atoms with Gasteiger partial charge in [-0.3, -0.25) is 0 Å². The van der Waals surface area contributed by atoms with E-state index in [1.807, 2.05) is 0 Å². The topological polar surface area (TPSA) is 30.7 Å². The summed E-state index contributed by atoms with van der Waals surface area (Å²) in [4.78, 5) is 0. The minimum atomic E-state index is 0.0622. The summed E-state index contributed by atoms with van der Waals surface area (Å²) in [7, 11) is 0. The number of unbranched alkanes of at least 4 members (excludes halogenated alkanes) is 3. The number of hydrogen-bond donors (Lipinski definition) is 0. The lowest BCUT2D eigenvalue weighted by Crippen LogP contribution is -2.26. The first-order chi connectivity index (χ1) is 8.00. The average molecular weight is 302 g/mol. The quantitative estimate of drug-likeness (QED) is 0.586. The number of rotatable bonds is 6. The second-order valence-corrected chi connectivity index (χ2v) is 6.04. The average Bonchev–Trinajstić information content (AvgIpc) is 2.67. The van der Waals surface area contributed by atoms with Gasteiger partial charge in [-0.15, -0.1) is 10.2 Å². The van der Waals surface area contributed by atoms with Crippen LogP contribution < -0.4 is 0 Å². The Morgan fingerprint density at radius 3 is 2.24 bits per heavy atom. The van der Waals surface area contributed by atoms with Gasteiger partial charge in [-0.05, 0) is 27.2 Å². The molecule has 1 aromatic heterocycles. The summed E-state index contributed by atoms with van der Waals surface area (Å²) in [5.41, 5.74) is 0.0622. The highest BCUT2D eigenvalue weighted by molar-refractivity contribution is 9.08. The van der Waals surface area contributed by atoms with E-state index in [2.05, 4.69) is 58.4 Å². The minimum Gasteiger partial charge on any atom is -0.309 e. The molecule has 0 aliphatic carbocycles. The van der Waals surface area contributed by atoms with Gasteiger partial charge in [-0.2, -0.15) is 0 Å². The number of aromatic nitrogens is 3. The Bertz CT molecular complexity index is 339. The van der Waals surface area contributed by atoms with Gasteiger partial charge in [0.1, 0.15) is 11.6 Å². The number of alkyl halides is 1. The van der Waals surface area contributed by atoms with E-state index in [-0.39, 0.29) is 5.54 Å². The molecule has 4 heteroatoms. The summed E-state index contributed by atoms with van der Waals surface area (Å²) >= 11 is 3.48. The molecule has 1 aromatic rings. The number of nitrogens with zero attached hydrogens (tertiary/aromatic N) is 3. The molecule has 1 rings (SSSR count). The van der Waals surface area contributed by atoms with Gasteiger partial charge in [0.05, 0.1) is 5.33 Å². The molecule has 0 spiro atoms. The Kier molecular flexibility index (Phi) is 5.63. The van der Waals surface area contributed by atoms with E-state index in [4.69, 9.17) is 0 Å². The van der Waals surface area contributed by atoms with E-state index in [0.717, 1.165) is 23.4 Å². The maximum absolute atomic E-state index is 4.33. The van der Waals surface area contributed by atoms with E-state index in [9.17, 15) is 0 Å². The van der Waals surface area contributed by atoms with Gasteiger partial charge in [0.2, 0.25) is 0 Å². The first kappa shape index (κ1) is 14.7. The fourth-order valence-corrected chi connectivity index (χ4v) is 2.45. The molecule has 0 fully saturated rings. The molecule has 0 bridgehead atoms. The Morgan fingerprint density at radius 1 is 1.06 bits per heavy atom. The van der Waals surface area contributed by atoms with Crippen molar-refractivity contribution in [3.05, 3.63) is 11.6 Å². The van der Waals surface area contributed by atoms with Crippen LogP contribution in [0.3, 0.4) is 0 Å². The van der Waals surface area contributed by atoms with Crippen molar-refractivity contribution in [2.24, 2.45) is 0 Å². The van der Waals surface area contributed by atoms with Crippen molar-refractivity contribution in [3.63, 3.8) is 0 Å². The van der Waals surface area contributed by atoms with Gasteiger partial charge in [-0.1, -0.05) is 42.1 Å². The zero-order chi connectivity index (χ0) is 12.9. The molecule has 0 aliphatic rings. The van der Waals surface area contributed by atoms with E-state index in [0.29, 0.717) is 0 Å². The van der Waals surface area contributed by atoms with Crippen LogP contribution in [0.5, 0.6) is 0 Å². The van der Waals surface area contributed by atoms with Gasteiger partial charge >= 0.3 is 0 Å². The standard InChI is InChI=1S/C13H24BrN3/c1-5-6-7-8-9-11-15-16-12(10-14)17(11)13(2,3)4/h5-10H2,1-4H3. The third-order valence-corrected chi connectivity index (χ3v) is 3.34. The summed E-state index contributed by atoms with van der Waals surface area (Å²) in [6.45, 7) is 8.86. The third kappa shape index (κ3) is 4.09. The van der Waals surface area contributed by atoms with Crippen LogP contribution in [-0.2, 0) is 17.3 Å². The van der Waals surface area contributed by atoms with Crippen LogP contribution in [-0.4, -0.2) is 14.8 Å². The smallest absolute Gasteiger partial charge is 0.144 e. The highest BCUT2D eigenvalue weighted by Crippen LogP contribution is 2.21. The fraction of sp³-hybridized carbons (Fsp3) is 0.846. The molecule has 98 valence electrons. The normalized spacial score (nSPS) is 12.1. The van der Waals surface area contributed by atoms with Crippen molar-refractivity contribution in [3.8, 4) is 0 Å². The van der Waals surface area contributed by atoms with E-state index in [1.54, 1.807) is 0 Å². The van der Waals surface area contributed by atoms with Crippen molar-refractivity contribution >= 4 is 15.9 Å². The molecule has 17 heavy (non-hydrogen) atoms. The fourth-order valence-electron chi connectivity index (χ4n) is 2.09. The maximum atomic E-state index is 4.33. The van der Waals surface area contributed by atoms with Gasteiger partial charge in [-0.25, -0.2) is 0 Å². The molecule has 0 aromatic carbocycles. The molecular formula is C13H24BrN3. The lowest BCUT2D eigenvalue weighted by atomic mass is 10.1. The minimum absolute atomic E-state index is 0.0622. The summed E-state index contributed by atoms with van der Waals surface area (Å²) in [6, 6.07) is 0. The second-order valence-electron chi connectivity index (χ2n) is 5.48. The van der Waals surface area contributed by atoms with Crippen LogP contribution in [0.15, 0.2) is 0 Å². The van der Waals surface area contributed by atoms with Gasteiger partial charge in [0, 0.05) is 12.0 Å². The van der Waals surface area contributed by atoms with Gasteiger partial charge in [0.25, 0.3) is 0 Å². The SMILES string of the molecule is CCCCCCc1nnc(CBr)n1C(C)(C)C. The Labute approximate surface area is 113 Å². The third-order valence-electron chi connectivity index (χ3n) is 2.84. The predicted octanol–water partition coefficient (Wildman–Crippen LogP) is 4.05. The maximum Gasteiger partial charge on any atom is 0.144 e. The summed E-state index contributed by atoms with van der Waals surface area (Å²) in [6.07, 6.45) is 6.13. The molecule has 0 N–H and O–H groups in total. The number of aryl methyl sites for hydroxylation is 1. The van der Waals surface area contributed by atoms with Crippen LogP contribution in [0.1, 0.15) is 65.0 Å². The van der Waals surface area contributed by atoms with Gasteiger partial charge < -0.3 is 4.57 Å². The molecular weight excluding hydrogens is 278 g/mol. The van der Waals surface area contributed by atoms with Crippen LogP contribution in [0.4, 0.5) is 0 Å². The molecule has 0 unspecified atom stereocenters. The lowest BCUT2D eigenvalue weighted by molar-refractivity contribution is 0.371. The van der Waals surface area contributed by atoms with Crippen molar-refractivity contribution in [1.29, 1.82) is 0 Å². The summed E-state index contributed by atoms with van der Waals surface area (Å²) < 4.78 is 2.27. The Balaban J connectivity index is 2.75. The van der Waals surface area contributed by atoms with Crippen molar-refractivity contribution in [1.82, 2.24) is 14.8 Å². The monoisotopic (exact) mass is 301 g/mol. The van der Waals surface area contributed by atoms with Crippen LogP contribution in [0.25, 0.3) is 0 Å². The highest BCUT2D eigenvalue weighted by atomic mass is 79.9. The summed E-state index contributed by atoms with van der Waals surface area (Å²) in [5, 5.41) is 9.37. The first-order valence-electron chi connectivity index (χ1n) is 6.50. The number of halogens is 1. The van der Waals surface area contributed by atoms with Crippen molar-refractivity contribution < 1.29 is 0 Å². The second kappa shape index (κ2) is 6.53. The van der Waals surface area contributed by atoms with Crippen molar-refractivity contribution in [2.75, 3.05) is 0 Å². The molecule has 0 saturated heterocycles. The zero-order valence-corrected chi connectivity index (χ0v) is 13.0. The molecule has 0 radical (unpaired) electrons. The predicted molar refractivity (Wildman–Crippen MR) is 75.5 cm³/mol. The molecule has 0 aliphatic heterocycles. The van der Waals surface area contributed by atoms with Crippen LogP contribution in [0, 0.1) is 0 Å². The zero-order valence-electron chi connectivity index (χ0n) is 11.5.